The van der Waals surface area contributed by atoms with Crippen molar-refractivity contribution < 1.29 is 8.42 Å². The maximum atomic E-state index is 12.8. The van der Waals surface area contributed by atoms with Crippen LogP contribution in [0, 0.1) is 0 Å². The van der Waals surface area contributed by atoms with Crippen molar-refractivity contribution in [2.24, 2.45) is 0 Å². The zero-order chi connectivity index (χ0) is 20.4. The Balaban J connectivity index is 1.40. The number of anilines is 1. The maximum Gasteiger partial charge on any atom is 0.243 e. The van der Waals surface area contributed by atoms with Crippen molar-refractivity contribution in [2.75, 3.05) is 31.1 Å². The summed E-state index contributed by atoms with van der Waals surface area (Å²) in [6.07, 6.45) is 0.747. The molecule has 1 aliphatic rings. The van der Waals surface area contributed by atoms with Crippen LogP contribution < -0.4 is 4.90 Å². The van der Waals surface area contributed by atoms with Gasteiger partial charge in [-0.25, -0.2) is 13.4 Å². The molecule has 2 aromatic carbocycles. The number of aromatic nitrogens is 1. The molecule has 1 saturated heterocycles. The van der Waals surface area contributed by atoms with Gasteiger partial charge in [-0.3, -0.25) is 0 Å². The van der Waals surface area contributed by atoms with Crippen LogP contribution in [-0.4, -0.2) is 43.9 Å². The second kappa shape index (κ2) is 8.62. The third-order valence-corrected chi connectivity index (χ3v) is 8.11. The minimum absolute atomic E-state index is 0.234. The summed E-state index contributed by atoms with van der Waals surface area (Å²) in [6, 6.07) is 14.2. The Morgan fingerprint density at radius 1 is 0.966 bits per heavy atom. The summed E-state index contributed by atoms with van der Waals surface area (Å²) in [5.41, 5.74) is 2.16. The van der Waals surface area contributed by atoms with Crippen molar-refractivity contribution in [1.82, 2.24) is 9.29 Å². The van der Waals surface area contributed by atoms with Crippen LogP contribution in [0.4, 0.5) is 5.13 Å². The van der Waals surface area contributed by atoms with Crippen LogP contribution in [0.15, 0.2) is 58.8 Å². The standard InChI is InChI=1S/C20H19Cl2N3O2S2/c21-16-6-4-15(5-7-16)12-18-14-28-20(23-18)24-8-10-25(11-9-24)29(26,27)19-3-1-2-17(22)13-19/h1-7,13-14H,8-12H2. The highest BCUT2D eigenvalue weighted by Crippen LogP contribution is 2.26. The minimum atomic E-state index is -3.53. The van der Waals surface area contributed by atoms with Crippen molar-refractivity contribution >= 4 is 49.7 Å². The summed E-state index contributed by atoms with van der Waals surface area (Å²) in [4.78, 5) is 7.11. The van der Waals surface area contributed by atoms with Crippen LogP contribution in [-0.2, 0) is 16.4 Å². The smallest absolute Gasteiger partial charge is 0.243 e. The molecule has 9 heteroatoms. The fraction of sp³-hybridized carbons (Fsp3) is 0.250. The SMILES string of the molecule is O=S(=O)(c1cccc(Cl)c1)N1CCN(c2nc(Cc3ccc(Cl)cc3)cs2)CC1. The van der Waals surface area contributed by atoms with E-state index >= 15 is 0 Å². The second-order valence-corrected chi connectivity index (χ2v) is 10.4. The van der Waals surface area contributed by atoms with Gasteiger partial charge in [0, 0.05) is 48.0 Å². The molecule has 0 atom stereocenters. The molecule has 1 aliphatic heterocycles. The van der Waals surface area contributed by atoms with Crippen molar-refractivity contribution in [2.45, 2.75) is 11.3 Å². The Bertz CT molecular complexity index is 1090. The number of nitrogens with zero attached hydrogens (tertiary/aromatic N) is 3. The number of halogens is 2. The topological polar surface area (TPSA) is 53.5 Å². The summed E-state index contributed by atoms with van der Waals surface area (Å²) in [7, 11) is -3.53. The lowest BCUT2D eigenvalue weighted by Crippen LogP contribution is -2.48. The first-order chi connectivity index (χ1) is 13.9. The average Bonchev–Trinajstić information content (AvgIpc) is 3.18. The van der Waals surface area contributed by atoms with E-state index in [2.05, 4.69) is 10.3 Å². The highest BCUT2D eigenvalue weighted by Gasteiger charge is 2.29. The van der Waals surface area contributed by atoms with Gasteiger partial charge < -0.3 is 4.90 Å². The van der Waals surface area contributed by atoms with Crippen LogP contribution in [0.3, 0.4) is 0 Å². The highest BCUT2D eigenvalue weighted by molar-refractivity contribution is 7.89. The van der Waals surface area contributed by atoms with Crippen LogP contribution in [0.5, 0.6) is 0 Å². The maximum absolute atomic E-state index is 12.8. The van der Waals surface area contributed by atoms with E-state index in [0.717, 1.165) is 27.8 Å². The van der Waals surface area contributed by atoms with E-state index in [9.17, 15) is 8.42 Å². The summed E-state index contributed by atoms with van der Waals surface area (Å²) in [5, 5.41) is 4.12. The molecular formula is C20H19Cl2N3O2S2. The van der Waals surface area contributed by atoms with Gasteiger partial charge in [0.15, 0.2) is 5.13 Å². The van der Waals surface area contributed by atoms with Crippen LogP contribution in [0.1, 0.15) is 11.3 Å². The summed E-state index contributed by atoms with van der Waals surface area (Å²) < 4.78 is 27.2. The average molecular weight is 468 g/mol. The molecule has 0 radical (unpaired) electrons. The molecule has 0 spiro atoms. The van der Waals surface area contributed by atoms with Gasteiger partial charge in [0.25, 0.3) is 0 Å². The number of benzene rings is 2. The quantitative estimate of drug-likeness (QED) is 0.551. The Kier molecular flexibility index (Phi) is 6.13. The third kappa shape index (κ3) is 4.75. The Morgan fingerprint density at radius 2 is 1.69 bits per heavy atom. The van der Waals surface area contributed by atoms with Gasteiger partial charge in [-0.05, 0) is 35.9 Å². The molecule has 0 aliphatic carbocycles. The minimum Gasteiger partial charge on any atom is -0.345 e. The number of thiazole rings is 1. The molecule has 0 saturated carbocycles. The molecular weight excluding hydrogens is 449 g/mol. The Morgan fingerprint density at radius 3 is 2.38 bits per heavy atom. The molecule has 0 amide bonds. The zero-order valence-electron chi connectivity index (χ0n) is 15.5. The van der Waals surface area contributed by atoms with Crippen LogP contribution >= 0.6 is 34.5 Å². The molecule has 29 heavy (non-hydrogen) atoms. The molecule has 1 aromatic heterocycles. The van der Waals surface area contributed by atoms with E-state index in [-0.39, 0.29) is 4.90 Å². The van der Waals surface area contributed by atoms with Gasteiger partial charge in [-0.2, -0.15) is 4.31 Å². The van der Waals surface area contributed by atoms with Crippen molar-refractivity contribution in [3.05, 3.63) is 75.2 Å². The lowest BCUT2D eigenvalue weighted by Gasteiger charge is -2.33. The first-order valence-corrected chi connectivity index (χ1v) is 12.2. The summed E-state index contributed by atoms with van der Waals surface area (Å²) >= 11 is 13.5. The molecule has 3 aromatic rings. The third-order valence-electron chi connectivity index (χ3n) is 4.78. The first-order valence-electron chi connectivity index (χ1n) is 9.11. The molecule has 5 nitrogen and oxygen atoms in total. The molecule has 4 rings (SSSR count). The molecule has 2 heterocycles. The monoisotopic (exact) mass is 467 g/mol. The number of hydrogen-bond donors (Lipinski definition) is 0. The number of sulfonamides is 1. The van der Waals surface area contributed by atoms with Crippen LogP contribution in [0.25, 0.3) is 0 Å². The Hall–Kier alpha value is -1.64. The van der Waals surface area contributed by atoms with E-state index in [1.165, 1.54) is 10.4 Å². The summed E-state index contributed by atoms with van der Waals surface area (Å²) in [5.74, 6) is 0. The predicted octanol–water partition coefficient (Wildman–Crippen LogP) is 4.55. The van der Waals surface area contributed by atoms with E-state index in [1.807, 2.05) is 24.3 Å². The zero-order valence-corrected chi connectivity index (χ0v) is 18.6. The second-order valence-electron chi connectivity index (χ2n) is 6.77. The molecule has 152 valence electrons. The fourth-order valence-corrected chi connectivity index (χ4v) is 5.96. The summed E-state index contributed by atoms with van der Waals surface area (Å²) in [6.45, 7) is 2.04. The predicted molar refractivity (Wildman–Crippen MR) is 119 cm³/mol. The van der Waals surface area contributed by atoms with E-state index in [4.69, 9.17) is 28.2 Å². The van der Waals surface area contributed by atoms with Crippen molar-refractivity contribution in [3.63, 3.8) is 0 Å². The van der Waals surface area contributed by atoms with Crippen LogP contribution in [0.2, 0.25) is 10.0 Å². The number of piperazine rings is 1. The van der Waals surface area contributed by atoms with Gasteiger partial charge >= 0.3 is 0 Å². The Labute approximate surface area is 184 Å². The number of rotatable bonds is 5. The normalized spacial score (nSPS) is 15.6. The largest absolute Gasteiger partial charge is 0.345 e. The van der Waals surface area contributed by atoms with Gasteiger partial charge in [-0.1, -0.05) is 41.4 Å². The molecule has 0 bridgehead atoms. The molecule has 0 unspecified atom stereocenters. The highest BCUT2D eigenvalue weighted by atomic mass is 35.5. The lowest BCUT2D eigenvalue weighted by atomic mass is 10.1. The number of hydrogen-bond acceptors (Lipinski definition) is 5. The van der Waals surface area contributed by atoms with Crippen molar-refractivity contribution in [1.29, 1.82) is 0 Å². The van der Waals surface area contributed by atoms with E-state index < -0.39 is 10.0 Å². The van der Waals surface area contributed by atoms with Crippen molar-refractivity contribution in [3.8, 4) is 0 Å². The van der Waals surface area contributed by atoms with Gasteiger partial charge in [0.1, 0.15) is 0 Å². The lowest BCUT2D eigenvalue weighted by molar-refractivity contribution is 0.384. The van der Waals surface area contributed by atoms with E-state index in [1.54, 1.807) is 29.5 Å². The fourth-order valence-electron chi connectivity index (χ4n) is 3.23. The van der Waals surface area contributed by atoms with Gasteiger partial charge in [0.05, 0.1) is 10.6 Å². The van der Waals surface area contributed by atoms with E-state index in [0.29, 0.717) is 31.2 Å². The molecule has 1 fully saturated rings. The first kappa shape index (κ1) is 20.6. The van der Waals surface area contributed by atoms with Gasteiger partial charge in [-0.15, -0.1) is 11.3 Å². The van der Waals surface area contributed by atoms with Gasteiger partial charge in [0.2, 0.25) is 10.0 Å². The molecule has 0 N–H and O–H groups in total.